The predicted octanol–water partition coefficient (Wildman–Crippen LogP) is 5.28. The van der Waals surface area contributed by atoms with Gasteiger partial charge >= 0.3 is 5.97 Å². The highest BCUT2D eigenvalue weighted by Gasteiger charge is 2.41. The van der Waals surface area contributed by atoms with Gasteiger partial charge in [0.1, 0.15) is 0 Å². The highest BCUT2D eigenvalue weighted by molar-refractivity contribution is 7.80. The normalized spacial score (nSPS) is 16.5. The van der Waals surface area contributed by atoms with E-state index in [0.717, 1.165) is 34.0 Å². The van der Waals surface area contributed by atoms with Crippen LogP contribution in [0.4, 0.5) is 5.69 Å². The molecule has 0 spiro atoms. The zero-order chi connectivity index (χ0) is 28.2. The summed E-state index contributed by atoms with van der Waals surface area (Å²) < 4.78 is 7.01. The van der Waals surface area contributed by atoms with Crippen LogP contribution in [0.25, 0.3) is 5.69 Å². The number of pyridine rings is 1. The van der Waals surface area contributed by atoms with Crippen molar-refractivity contribution in [1.82, 2.24) is 19.8 Å². The number of aryl methyl sites for hydroxylation is 1. The van der Waals surface area contributed by atoms with Gasteiger partial charge < -0.3 is 24.8 Å². The van der Waals surface area contributed by atoms with Crippen LogP contribution < -0.4 is 10.6 Å². The number of anilines is 1. The van der Waals surface area contributed by atoms with Gasteiger partial charge in [-0.3, -0.25) is 9.78 Å². The number of esters is 1. The molecule has 1 amide bonds. The summed E-state index contributed by atoms with van der Waals surface area (Å²) in [5.41, 5.74) is 6.23. The first-order valence-electron chi connectivity index (χ1n) is 13.1. The Morgan fingerprint density at radius 1 is 1.02 bits per heavy atom. The fourth-order valence-corrected chi connectivity index (χ4v) is 5.63. The first kappa shape index (κ1) is 27.1. The van der Waals surface area contributed by atoms with Gasteiger partial charge in [-0.2, -0.15) is 0 Å². The molecule has 1 aliphatic rings. The molecule has 0 bridgehead atoms. The number of benzene rings is 2. The van der Waals surface area contributed by atoms with Crippen molar-refractivity contribution in [2.24, 2.45) is 0 Å². The number of amides is 1. The summed E-state index contributed by atoms with van der Waals surface area (Å²) in [6.45, 7) is 4.57. The molecule has 1 aliphatic heterocycles. The van der Waals surface area contributed by atoms with Crippen LogP contribution in [-0.4, -0.2) is 45.1 Å². The molecule has 2 aromatic heterocycles. The summed E-state index contributed by atoms with van der Waals surface area (Å²) in [6, 6.07) is 24.4. The van der Waals surface area contributed by atoms with Crippen molar-refractivity contribution in [2.75, 3.05) is 19.0 Å². The van der Waals surface area contributed by atoms with Gasteiger partial charge in [-0.15, -0.1) is 0 Å². The van der Waals surface area contributed by atoms with E-state index in [1.165, 1.54) is 7.11 Å². The number of carbonyl (C=O) groups excluding carboxylic acids is 2. The zero-order valence-corrected chi connectivity index (χ0v) is 23.4. The maximum absolute atomic E-state index is 12.8. The maximum Gasteiger partial charge on any atom is 0.337 e. The third kappa shape index (κ3) is 5.46. The smallest absolute Gasteiger partial charge is 0.337 e. The lowest BCUT2D eigenvalue weighted by atomic mass is 9.96. The van der Waals surface area contributed by atoms with Crippen molar-refractivity contribution in [3.63, 3.8) is 0 Å². The standard InChI is InChI=1S/C31H31N5O3S/c1-20-19-25(21(2)36(20)24-14-12-22(13-15-24)30(38)39-3)29-28(26-11-7-8-17-32-26)34-31(40)35(29)18-16-27(37)33-23-9-5-4-6-10-23/h4-15,17,19,28-29H,16,18H2,1-3H3,(H,33,37)(H,34,40). The van der Waals surface area contributed by atoms with Crippen molar-refractivity contribution >= 4 is 34.9 Å². The molecule has 8 nitrogen and oxygen atoms in total. The van der Waals surface area contributed by atoms with Gasteiger partial charge in [0.25, 0.3) is 0 Å². The third-order valence-electron chi connectivity index (χ3n) is 7.17. The van der Waals surface area contributed by atoms with Crippen LogP contribution in [0.3, 0.4) is 0 Å². The van der Waals surface area contributed by atoms with Gasteiger partial charge in [0.15, 0.2) is 5.11 Å². The zero-order valence-electron chi connectivity index (χ0n) is 22.6. The van der Waals surface area contributed by atoms with Gasteiger partial charge in [0.2, 0.25) is 5.91 Å². The molecule has 2 unspecified atom stereocenters. The lowest BCUT2D eigenvalue weighted by molar-refractivity contribution is -0.116. The van der Waals surface area contributed by atoms with Crippen molar-refractivity contribution in [2.45, 2.75) is 32.4 Å². The number of nitrogens with zero attached hydrogens (tertiary/aromatic N) is 3. The molecule has 2 N–H and O–H groups in total. The SMILES string of the molecule is COC(=O)c1ccc(-n2c(C)cc(C3C(c4ccccn4)NC(=S)N3CCC(=O)Nc3ccccc3)c2C)cc1. The summed E-state index contributed by atoms with van der Waals surface area (Å²) in [5.74, 6) is -0.450. The van der Waals surface area contributed by atoms with Gasteiger partial charge in [-0.25, -0.2) is 4.79 Å². The first-order chi connectivity index (χ1) is 19.4. The maximum atomic E-state index is 12.8. The van der Waals surface area contributed by atoms with Gasteiger partial charge in [-0.1, -0.05) is 24.3 Å². The fourth-order valence-electron chi connectivity index (χ4n) is 5.30. The van der Waals surface area contributed by atoms with E-state index in [1.807, 2.05) is 60.7 Å². The van der Waals surface area contributed by atoms with E-state index in [1.54, 1.807) is 18.3 Å². The Hall–Kier alpha value is -4.50. The number of carbonyl (C=O) groups is 2. The van der Waals surface area contributed by atoms with E-state index in [0.29, 0.717) is 17.2 Å². The number of nitrogens with one attached hydrogen (secondary N) is 2. The van der Waals surface area contributed by atoms with E-state index < -0.39 is 0 Å². The van der Waals surface area contributed by atoms with Crippen molar-refractivity contribution in [3.8, 4) is 5.69 Å². The molecule has 5 rings (SSSR count). The van der Waals surface area contributed by atoms with Gasteiger partial charge in [0.05, 0.1) is 30.5 Å². The summed E-state index contributed by atoms with van der Waals surface area (Å²) in [7, 11) is 1.37. The van der Waals surface area contributed by atoms with E-state index >= 15 is 0 Å². The van der Waals surface area contributed by atoms with Crippen LogP contribution in [0.2, 0.25) is 0 Å². The quantitative estimate of drug-likeness (QED) is 0.227. The van der Waals surface area contributed by atoms with Crippen LogP contribution in [0.1, 0.15) is 51.5 Å². The Labute approximate surface area is 239 Å². The highest BCUT2D eigenvalue weighted by atomic mass is 32.1. The minimum Gasteiger partial charge on any atom is -0.465 e. The Kier molecular flexibility index (Phi) is 7.93. The molecule has 3 heterocycles. The number of para-hydroxylation sites is 1. The fraction of sp³-hybridized carbons (Fsp3) is 0.226. The molecule has 4 aromatic rings. The average molecular weight is 554 g/mol. The number of ether oxygens (including phenoxy) is 1. The molecule has 0 radical (unpaired) electrons. The van der Waals surface area contributed by atoms with Crippen LogP contribution in [0.15, 0.2) is 85.1 Å². The number of hydrogen-bond acceptors (Lipinski definition) is 5. The molecule has 40 heavy (non-hydrogen) atoms. The molecule has 2 atom stereocenters. The minimum atomic E-state index is -0.371. The topological polar surface area (TPSA) is 88.5 Å². The Morgan fingerprint density at radius 3 is 2.42 bits per heavy atom. The summed E-state index contributed by atoms with van der Waals surface area (Å²) in [4.78, 5) is 31.5. The van der Waals surface area contributed by atoms with E-state index in [9.17, 15) is 9.59 Å². The molecule has 1 saturated heterocycles. The second-order valence-corrected chi connectivity index (χ2v) is 10.1. The van der Waals surface area contributed by atoms with Crippen LogP contribution >= 0.6 is 12.2 Å². The number of hydrogen-bond donors (Lipinski definition) is 2. The lowest BCUT2D eigenvalue weighted by Crippen LogP contribution is -2.32. The summed E-state index contributed by atoms with van der Waals surface area (Å²) >= 11 is 5.81. The summed E-state index contributed by atoms with van der Waals surface area (Å²) in [6.07, 6.45) is 2.05. The molecular formula is C31H31N5O3S. The number of aromatic nitrogens is 2. The second kappa shape index (κ2) is 11.7. The van der Waals surface area contributed by atoms with Crippen LogP contribution in [0.5, 0.6) is 0 Å². The first-order valence-corrected chi connectivity index (χ1v) is 13.5. The number of methoxy groups -OCH3 is 1. The average Bonchev–Trinajstić information content (AvgIpc) is 3.46. The van der Waals surface area contributed by atoms with E-state index in [2.05, 4.69) is 45.0 Å². The number of rotatable bonds is 8. The van der Waals surface area contributed by atoms with Gasteiger partial charge in [0, 0.05) is 41.9 Å². The molecule has 0 aliphatic carbocycles. The highest BCUT2D eigenvalue weighted by Crippen LogP contribution is 2.41. The van der Waals surface area contributed by atoms with Crippen molar-refractivity contribution in [1.29, 1.82) is 0 Å². The molecule has 1 fully saturated rings. The third-order valence-corrected chi connectivity index (χ3v) is 7.52. The second-order valence-electron chi connectivity index (χ2n) is 9.68. The molecule has 0 saturated carbocycles. The molecular weight excluding hydrogens is 522 g/mol. The molecule has 9 heteroatoms. The predicted molar refractivity (Wildman–Crippen MR) is 158 cm³/mol. The monoisotopic (exact) mass is 553 g/mol. The van der Waals surface area contributed by atoms with Gasteiger partial charge in [-0.05, 0) is 86.2 Å². The lowest BCUT2D eigenvalue weighted by Gasteiger charge is -2.28. The molecule has 204 valence electrons. The minimum absolute atomic E-state index is 0.0785. The van der Waals surface area contributed by atoms with E-state index in [4.69, 9.17) is 17.0 Å². The van der Waals surface area contributed by atoms with Crippen molar-refractivity contribution < 1.29 is 14.3 Å². The van der Waals surface area contributed by atoms with E-state index in [-0.39, 0.29) is 30.4 Å². The Morgan fingerprint density at radius 2 is 1.75 bits per heavy atom. The summed E-state index contributed by atoms with van der Waals surface area (Å²) in [5, 5.41) is 7.01. The number of thiocarbonyl (C=S) groups is 1. The van der Waals surface area contributed by atoms with Crippen LogP contribution in [-0.2, 0) is 9.53 Å². The Bertz CT molecular complexity index is 1520. The largest absolute Gasteiger partial charge is 0.465 e. The molecule has 2 aromatic carbocycles. The van der Waals surface area contributed by atoms with Crippen molar-refractivity contribution in [3.05, 3.63) is 113 Å². The Balaban J connectivity index is 1.47. The van der Waals surface area contributed by atoms with Crippen LogP contribution in [0, 0.1) is 13.8 Å².